The maximum atomic E-state index is 9.84. The highest BCUT2D eigenvalue weighted by atomic mass is 35.5. The van der Waals surface area contributed by atoms with Gasteiger partial charge in [-0.3, -0.25) is 0 Å². The molecule has 0 aromatic carbocycles. The maximum Gasteiger partial charge on any atom is 0.437 e. The molecule has 0 rings (SSSR count). The van der Waals surface area contributed by atoms with Crippen LogP contribution in [-0.4, -0.2) is 11.9 Å². The van der Waals surface area contributed by atoms with Crippen LogP contribution in [0.15, 0.2) is 0 Å². The predicted molar refractivity (Wildman–Crippen MR) is 27.8 cm³/mol. The van der Waals surface area contributed by atoms with Gasteiger partial charge in [0.15, 0.2) is 0 Å². The number of carbonyl (C=O) groups excluding carboxylic acids is 2. The van der Waals surface area contributed by atoms with Crippen LogP contribution in [0.5, 0.6) is 0 Å². The molecule has 0 aliphatic heterocycles. The minimum atomic E-state index is -1.33. The Bertz CT molecular complexity index is 101. The summed E-state index contributed by atoms with van der Waals surface area (Å²) >= 11 is 0. The van der Waals surface area contributed by atoms with Crippen LogP contribution >= 0.6 is 12.4 Å². The van der Waals surface area contributed by atoms with Gasteiger partial charge < -0.3 is 9.68 Å². The van der Waals surface area contributed by atoms with Crippen molar-refractivity contribution in [1.29, 1.82) is 0 Å². The summed E-state index contributed by atoms with van der Waals surface area (Å²) < 4.78 is 0. The van der Waals surface area contributed by atoms with Crippen molar-refractivity contribution in [1.82, 2.24) is 0 Å². The zero-order valence-corrected chi connectivity index (χ0v) is 5.01. The van der Waals surface area contributed by atoms with E-state index in [4.69, 9.17) is 0 Å². The number of hydrogen-bond donors (Lipinski definition) is 2. The van der Waals surface area contributed by atoms with E-state index in [-0.39, 0.29) is 12.4 Å². The normalized spacial score (nSPS) is 6.89. The van der Waals surface area contributed by atoms with Gasteiger partial charge >= 0.3 is 11.9 Å². The summed E-state index contributed by atoms with van der Waals surface area (Å²) in [7, 11) is 0. The molecule has 0 spiro atoms. The van der Waals surface area contributed by atoms with E-state index in [2.05, 4.69) is 21.5 Å². The van der Waals surface area contributed by atoms with Crippen LogP contribution in [0.4, 0.5) is 0 Å². The fourth-order valence-corrected chi connectivity index (χ4v) is 0.0962. The first kappa shape index (κ1) is 11.0. The summed E-state index contributed by atoms with van der Waals surface area (Å²) in [5.41, 5.74) is 0. The van der Waals surface area contributed by atoms with E-state index in [1.165, 1.54) is 0 Å². The van der Waals surface area contributed by atoms with Gasteiger partial charge in [0, 0.05) is 0 Å². The van der Waals surface area contributed by atoms with Gasteiger partial charge in [-0.15, -0.1) is 12.4 Å². The Kier molecular flexibility index (Phi) is 6.47. The van der Waals surface area contributed by atoms with Crippen molar-refractivity contribution in [2.45, 2.75) is 0 Å². The summed E-state index contributed by atoms with van der Waals surface area (Å²) in [5.74, 6) is 5.83. The molecule has 0 bridgehead atoms. The van der Waals surface area contributed by atoms with Crippen LogP contribution in [0.3, 0.4) is 0 Å². The average molecular weight is 157 g/mol. The second-order valence-corrected chi connectivity index (χ2v) is 0.811. The molecule has 0 heterocycles. The molecule has 0 aromatic heterocycles. The molecule has 0 saturated heterocycles. The van der Waals surface area contributed by atoms with Crippen LogP contribution in [0.25, 0.3) is 0 Å². The molecule has 0 radical (unpaired) electrons. The van der Waals surface area contributed by atoms with Crippen molar-refractivity contribution in [3.05, 3.63) is 0 Å². The molecule has 54 valence electrons. The molecule has 6 nitrogen and oxygen atoms in total. The lowest BCUT2D eigenvalue weighted by Crippen LogP contribution is -2.25. The number of hydrogen-bond acceptors (Lipinski definition) is 6. The largest absolute Gasteiger partial charge is 0.437 e. The summed E-state index contributed by atoms with van der Waals surface area (Å²) in [4.78, 5) is 26.5. The highest BCUT2D eigenvalue weighted by Gasteiger charge is 2.14. The van der Waals surface area contributed by atoms with Gasteiger partial charge in [0.1, 0.15) is 0 Å². The molecule has 0 fully saturated rings. The lowest BCUT2D eigenvalue weighted by atomic mass is 10.7. The van der Waals surface area contributed by atoms with E-state index in [1.807, 2.05) is 0 Å². The third-order valence-electron chi connectivity index (χ3n) is 0.381. The van der Waals surface area contributed by atoms with Gasteiger partial charge in [-0.1, -0.05) is 0 Å². The van der Waals surface area contributed by atoms with Gasteiger partial charge in [-0.05, 0) is 0 Å². The number of rotatable bonds is 0. The number of halogens is 1. The Labute approximate surface area is 56.4 Å². The lowest BCUT2D eigenvalue weighted by molar-refractivity contribution is -0.168. The third kappa shape index (κ3) is 3.71. The Morgan fingerprint density at radius 2 is 1.22 bits per heavy atom. The molecule has 0 aliphatic carbocycles. The second kappa shape index (κ2) is 5.29. The van der Waals surface area contributed by atoms with E-state index in [0.29, 0.717) is 0 Å². The van der Waals surface area contributed by atoms with Crippen LogP contribution in [0.2, 0.25) is 0 Å². The molecule has 0 atom stereocenters. The molecular formula is C2H5ClN2O4. The fourth-order valence-electron chi connectivity index (χ4n) is 0.0962. The van der Waals surface area contributed by atoms with E-state index in [1.54, 1.807) is 0 Å². The first-order valence-corrected chi connectivity index (χ1v) is 1.54. The van der Waals surface area contributed by atoms with Crippen molar-refractivity contribution in [3.8, 4) is 0 Å². The molecule has 0 amide bonds. The molecule has 0 unspecified atom stereocenters. The zero-order valence-electron chi connectivity index (χ0n) is 4.20. The molecule has 0 aromatic rings. The van der Waals surface area contributed by atoms with Crippen molar-refractivity contribution in [3.63, 3.8) is 0 Å². The standard InChI is InChI=1S/C2H4N2O4.ClH/c3-7-1(5)2(6)8-4;/h3-4H2;1H. The van der Waals surface area contributed by atoms with E-state index in [9.17, 15) is 9.59 Å². The zero-order chi connectivity index (χ0) is 6.57. The Morgan fingerprint density at radius 1 is 1.00 bits per heavy atom. The topological polar surface area (TPSA) is 105 Å². The van der Waals surface area contributed by atoms with Crippen molar-refractivity contribution >= 4 is 24.3 Å². The monoisotopic (exact) mass is 156 g/mol. The van der Waals surface area contributed by atoms with Crippen molar-refractivity contribution in [2.24, 2.45) is 11.8 Å². The summed E-state index contributed by atoms with van der Waals surface area (Å²) in [5, 5.41) is 0. The van der Waals surface area contributed by atoms with E-state index in [0.717, 1.165) is 0 Å². The van der Waals surface area contributed by atoms with E-state index < -0.39 is 11.9 Å². The van der Waals surface area contributed by atoms with Gasteiger partial charge in [-0.25, -0.2) is 9.59 Å². The molecule has 4 N–H and O–H groups in total. The third-order valence-corrected chi connectivity index (χ3v) is 0.381. The lowest BCUT2D eigenvalue weighted by Gasteiger charge is -1.90. The van der Waals surface area contributed by atoms with Gasteiger partial charge in [-0.2, -0.15) is 11.8 Å². The summed E-state index contributed by atoms with van der Waals surface area (Å²) in [6, 6.07) is 0. The molecule has 9 heavy (non-hydrogen) atoms. The quantitative estimate of drug-likeness (QED) is 0.318. The first-order valence-electron chi connectivity index (χ1n) is 1.54. The van der Waals surface area contributed by atoms with Gasteiger partial charge in [0.05, 0.1) is 0 Å². The SMILES string of the molecule is Cl.NOC(=O)C(=O)ON. The number of carbonyl (C=O) groups is 2. The maximum absolute atomic E-state index is 9.84. The smallest absolute Gasteiger partial charge is 0.365 e. The Hall–Kier alpha value is -0.850. The molecule has 0 aliphatic rings. The fraction of sp³-hybridized carbons (Fsp3) is 0. The molecule has 7 heteroatoms. The predicted octanol–water partition coefficient (Wildman–Crippen LogP) is -1.76. The Morgan fingerprint density at radius 3 is 1.33 bits per heavy atom. The van der Waals surface area contributed by atoms with Crippen molar-refractivity contribution < 1.29 is 19.3 Å². The van der Waals surface area contributed by atoms with Gasteiger partial charge in [0.2, 0.25) is 0 Å². The second-order valence-electron chi connectivity index (χ2n) is 0.811. The van der Waals surface area contributed by atoms with Crippen LogP contribution in [-0.2, 0) is 19.3 Å². The number of nitrogens with two attached hydrogens (primary N) is 2. The molecule has 0 saturated carbocycles. The van der Waals surface area contributed by atoms with Crippen LogP contribution < -0.4 is 11.8 Å². The van der Waals surface area contributed by atoms with Crippen molar-refractivity contribution in [2.75, 3.05) is 0 Å². The van der Waals surface area contributed by atoms with Crippen LogP contribution in [0.1, 0.15) is 0 Å². The highest BCUT2D eigenvalue weighted by Crippen LogP contribution is 1.71. The summed E-state index contributed by atoms with van der Waals surface area (Å²) in [6.45, 7) is 0. The summed E-state index contributed by atoms with van der Waals surface area (Å²) in [6.07, 6.45) is 0. The van der Waals surface area contributed by atoms with Crippen LogP contribution in [0, 0.1) is 0 Å². The first-order chi connectivity index (χ1) is 3.72. The minimum absolute atomic E-state index is 0. The minimum Gasteiger partial charge on any atom is -0.365 e. The van der Waals surface area contributed by atoms with E-state index >= 15 is 0 Å². The Balaban J connectivity index is 0. The van der Waals surface area contributed by atoms with Gasteiger partial charge in [0.25, 0.3) is 0 Å². The average Bonchev–Trinajstić information content (AvgIpc) is 1.84. The molecular weight excluding hydrogens is 151 g/mol. The highest BCUT2D eigenvalue weighted by molar-refractivity contribution is 6.29.